The molecule has 38 heavy (non-hydrogen) atoms. The van der Waals surface area contributed by atoms with Gasteiger partial charge in [-0.25, -0.2) is 4.79 Å². The molecule has 0 unspecified atom stereocenters. The number of hydrogen-bond donors (Lipinski definition) is 2. The van der Waals surface area contributed by atoms with Crippen LogP contribution in [-0.4, -0.2) is 35.1 Å². The van der Waals surface area contributed by atoms with E-state index in [4.69, 9.17) is 4.84 Å². The topological polar surface area (TPSA) is 105 Å². The highest BCUT2D eigenvalue weighted by atomic mass is 16.6. The van der Waals surface area contributed by atoms with Crippen molar-refractivity contribution >= 4 is 23.4 Å². The van der Waals surface area contributed by atoms with E-state index in [0.29, 0.717) is 29.1 Å². The summed E-state index contributed by atoms with van der Waals surface area (Å²) in [4.78, 5) is 41.8. The fraction of sp³-hybridized carbons (Fsp3) is 0.613. The van der Waals surface area contributed by atoms with Crippen LogP contribution in [0, 0.1) is 34.5 Å². The molecule has 7 nitrogen and oxygen atoms in total. The minimum absolute atomic E-state index is 0.152. The Labute approximate surface area is 225 Å². The quantitative estimate of drug-likeness (QED) is 0.464. The molecule has 4 aliphatic rings. The van der Waals surface area contributed by atoms with Crippen LogP contribution < -0.4 is 5.32 Å². The lowest BCUT2D eigenvalue weighted by Gasteiger charge is -2.58. The van der Waals surface area contributed by atoms with Crippen LogP contribution in [0.5, 0.6) is 0 Å². The molecule has 3 fully saturated rings. The average Bonchev–Trinajstić information content (AvgIpc) is 3.25. The first-order chi connectivity index (χ1) is 18.1. The molecule has 0 heterocycles. The number of hydrogen-bond acceptors (Lipinski definition) is 5. The number of carboxylic acids is 1. The van der Waals surface area contributed by atoms with Gasteiger partial charge < -0.3 is 15.3 Å². The van der Waals surface area contributed by atoms with Crippen LogP contribution in [-0.2, 0) is 19.2 Å². The van der Waals surface area contributed by atoms with Crippen LogP contribution in [0.4, 0.5) is 0 Å². The zero-order valence-corrected chi connectivity index (χ0v) is 22.7. The van der Waals surface area contributed by atoms with Gasteiger partial charge in [0, 0.05) is 5.92 Å². The summed E-state index contributed by atoms with van der Waals surface area (Å²) in [6.45, 7) is 6.27. The maximum absolute atomic E-state index is 12.4. The van der Waals surface area contributed by atoms with E-state index in [0.717, 1.165) is 37.8 Å². The number of carbonyl (C=O) groups is 3. The Morgan fingerprint density at radius 2 is 1.82 bits per heavy atom. The van der Waals surface area contributed by atoms with E-state index >= 15 is 0 Å². The number of nitrogens with one attached hydrogen (secondary N) is 1. The Kier molecular flexibility index (Phi) is 7.23. The lowest BCUT2D eigenvalue weighted by atomic mass is 9.46. The second kappa shape index (κ2) is 10.3. The third kappa shape index (κ3) is 4.69. The minimum atomic E-state index is -1.13. The summed E-state index contributed by atoms with van der Waals surface area (Å²) in [6, 6.07) is 7.47. The molecule has 0 spiro atoms. The molecule has 0 aliphatic heterocycles. The Morgan fingerprint density at radius 3 is 2.53 bits per heavy atom. The van der Waals surface area contributed by atoms with Crippen LogP contribution in [0.3, 0.4) is 0 Å². The number of rotatable bonds is 7. The van der Waals surface area contributed by atoms with E-state index in [-0.39, 0.29) is 23.4 Å². The van der Waals surface area contributed by atoms with Crippen molar-refractivity contribution in [2.24, 2.45) is 39.7 Å². The van der Waals surface area contributed by atoms with E-state index < -0.39 is 17.9 Å². The smallest absolute Gasteiger partial charge is 0.330 e. The number of benzene rings is 1. The van der Waals surface area contributed by atoms with Gasteiger partial charge in [-0.15, -0.1) is 0 Å². The molecule has 204 valence electrons. The number of carboxylic acid groups (broad SMARTS) is 1. The van der Waals surface area contributed by atoms with Gasteiger partial charge in [0.05, 0.1) is 5.71 Å². The summed E-state index contributed by atoms with van der Waals surface area (Å²) >= 11 is 0. The highest BCUT2D eigenvalue weighted by Gasteiger charge is 2.59. The van der Waals surface area contributed by atoms with Crippen molar-refractivity contribution in [1.29, 1.82) is 0 Å². The van der Waals surface area contributed by atoms with Gasteiger partial charge in [0.25, 0.3) is 5.91 Å². The molecule has 7 heteroatoms. The normalized spacial score (nSPS) is 35.8. The molecule has 2 N–H and O–H groups in total. The molecule has 1 amide bonds. The van der Waals surface area contributed by atoms with E-state index in [2.05, 4.69) is 30.4 Å². The van der Waals surface area contributed by atoms with E-state index in [9.17, 15) is 19.5 Å². The van der Waals surface area contributed by atoms with E-state index in [1.54, 1.807) is 37.3 Å². The molecular formula is C31H40N2O5. The molecule has 0 saturated heterocycles. The van der Waals surface area contributed by atoms with Gasteiger partial charge in [0.1, 0.15) is 5.78 Å². The maximum Gasteiger partial charge on any atom is 0.330 e. The fourth-order valence-electron chi connectivity index (χ4n) is 8.62. The third-order valence-electron chi connectivity index (χ3n) is 10.5. The number of carbonyl (C=O) groups excluding carboxylic acids is 2. The first-order valence-electron chi connectivity index (χ1n) is 14.1. The average molecular weight is 521 g/mol. The van der Waals surface area contributed by atoms with Crippen LogP contribution >= 0.6 is 0 Å². The molecule has 1 aromatic rings. The van der Waals surface area contributed by atoms with E-state index in [1.165, 1.54) is 24.8 Å². The molecule has 1 aromatic carbocycles. The van der Waals surface area contributed by atoms with Crippen LogP contribution in [0.15, 0.2) is 47.1 Å². The summed E-state index contributed by atoms with van der Waals surface area (Å²) in [7, 11) is 0. The zero-order chi connectivity index (χ0) is 27.1. The summed E-state index contributed by atoms with van der Waals surface area (Å²) in [5.41, 5.74) is 3.11. The predicted octanol–water partition coefficient (Wildman–Crippen LogP) is 5.47. The third-order valence-corrected chi connectivity index (χ3v) is 10.5. The second-order valence-electron chi connectivity index (χ2n) is 12.4. The van der Waals surface area contributed by atoms with Crippen molar-refractivity contribution in [3.63, 3.8) is 0 Å². The summed E-state index contributed by atoms with van der Waals surface area (Å²) in [6.07, 6.45) is 10.8. The molecular weight excluding hydrogens is 480 g/mol. The Balaban J connectivity index is 1.22. The summed E-state index contributed by atoms with van der Waals surface area (Å²) < 4.78 is 0. The Morgan fingerprint density at radius 1 is 1.05 bits per heavy atom. The molecule has 0 aromatic heterocycles. The number of amides is 1. The standard InChI is InChI=1S/C31H40N2O5/c1-19(34)24-11-12-25-23-10-9-21-17-22(13-15-30(21,2)26(23)14-16-31(24,25)3)33-38-18-27(35)32-28(29(36)37)20-7-5-4-6-8-20/h4-8,17,23-26,28H,9-16,18H2,1-3H3,(H,32,35)(H,36,37)/b33-22+/t23-,24+,25-,26-,28-,30-,31+/m0/s1. The number of fused-ring (bicyclic) bond motifs is 5. The lowest BCUT2D eigenvalue weighted by Crippen LogP contribution is -2.51. The summed E-state index contributed by atoms with van der Waals surface area (Å²) in [5, 5.41) is 16.3. The number of allylic oxidation sites excluding steroid dienone is 2. The van der Waals surface area contributed by atoms with Crippen molar-refractivity contribution in [3.05, 3.63) is 47.5 Å². The van der Waals surface area contributed by atoms with Crippen LogP contribution in [0.25, 0.3) is 0 Å². The minimum Gasteiger partial charge on any atom is -0.479 e. The lowest BCUT2D eigenvalue weighted by molar-refractivity contribution is -0.142. The van der Waals surface area contributed by atoms with Crippen molar-refractivity contribution in [2.45, 2.75) is 78.2 Å². The molecule has 7 atom stereocenters. The fourth-order valence-corrected chi connectivity index (χ4v) is 8.62. The van der Waals surface area contributed by atoms with E-state index in [1.807, 2.05) is 0 Å². The summed E-state index contributed by atoms with van der Waals surface area (Å²) in [5.74, 6) is 0.940. The van der Waals surface area contributed by atoms with Crippen LogP contribution in [0.1, 0.15) is 83.7 Å². The van der Waals surface area contributed by atoms with Crippen molar-refractivity contribution in [2.75, 3.05) is 6.61 Å². The first kappa shape index (κ1) is 26.6. The van der Waals surface area contributed by atoms with Gasteiger partial charge in [-0.1, -0.05) is 54.9 Å². The Hall–Kier alpha value is -2.96. The highest BCUT2D eigenvalue weighted by Crippen LogP contribution is 2.66. The van der Waals surface area contributed by atoms with Gasteiger partial charge in [-0.2, -0.15) is 0 Å². The molecule has 5 rings (SSSR count). The van der Waals surface area contributed by atoms with Crippen molar-refractivity contribution in [3.8, 4) is 0 Å². The van der Waals surface area contributed by atoms with Gasteiger partial charge >= 0.3 is 5.97 Å². The van der Waals surface area contributed by atoms with Crippen LogP contribution in [0.2, 0.25) is 0 Å². The number of aliphatic carboxylic acids is 1. The number of Topliss-reactive ketones (excluding diaryl/α,β-unsaturated/α-hetero) is 1. The largest absolute Gasteiger partial charge is 0.479 e. The monoisotopic (exact) mass is 520 g/mol. The van der Waals surface area contributed by atoms with Gasteiger partial charge in [-0.3, -0.25) is 9.59 Å². The van der Waals surface area contributed by atoms with Gasteiger partial charge in [-0.05, 0) is 98.5 Å². The first-order valence-corrected chi connectivity index (χ1v) is 14.1. The number of nitrogens with zero attached hydrogens (tertiary/aromatic N) is 1. The molecule has 0 radical (unpaired) electrons. The van der Waals surface area contributed by atoms with Gasteiger partial charge in [0.15, 0.2) is 12.6 Å². The molecule has 0 bridgehead atoms. The predicted molar refractivity (Wildman–Crippen MR) is 144 cm³/mol. The van der Waals surface area contributed by atoms with Crippen molar-refractivity contribution < 1.29 is 24.3 Å². The zero-order valence-electron chi connectivity index (χ0n) is 22.7. The second-order valence-corrected chi connectivity index (χ2v) is 12.4. The SMILES string of the molecule is CC(=O)[C@H]1CC[C@H]2[C@@H]3CCC4=C/C(=N/OCC(=O)N[C@H](C(=O)O)c5ccccc5)CC[C@]4(C)[C@H]3CC[C@]12C. The molecule has 4 aliphatic carbocycles. The Bertz CT molecular complexity index is 1160. The van der Waals surface area contributed by atoms with Crippen molar-refractivity contribution in [1.82, 2.24) is 5.32 Å². The number of ketones is 1. The van der Waals surface area contributed by atoms with Gasteiger partial charge in [0.2, 0.25) is 0 Å². The molecule has 3 saturated carbocycles. The number of oxime groups is 1. The maximum atomic E-state index is 12.4. The highest BCUT2D eigenvalue weighted by molar-refractivity contribution is 5.96.